The summed E-state index contributed by atoms with van der Waals surface area (Å²) in [5, 5.41) is 2.86. The first kappa shape index (κ1) is 27.6. The molecule has 1 amide bonds. The van der Waals surface area contributed by atoms with E-state index in [1.807, 2.05) is 6.07 Å². The van der Waals surface area contributed by atoms with Gasteiger partial charge in [0.05, 0.1) is 24.8 Å². The van der Waals surface area contributed by atoms with E-state index in [1.165, 1.54) is 7.11 Å². The van der Waals surface area contributed by atoms with Crippen LogP contribution in [0.15, 0.2) is 18.2 Å². The number of ether oxygens (including phenoxy) is 2. The quantitative estimate of drug-likeness (QED) is 0.320. The summed E-state index contributed by atoms with van der Waals surface area (Å²) in [5.74, 6) is -1.04. The minimum Gasteiger partial charge on any atom is -0.496 e. The fourth-order valence-corrected chi connectivity index (χ4v) is 6.41. The van der Waals surface area contributed by atoms with E-state index in [4.69, 9.17) is 18.8 Å². The van der Waals surface area contributed by atoms with Gasteiger partial charge in [0, 0.05) is 6.42 Å². The number of ketones is 1. The van der Waals surface area contributed by atoms with E-state index in [2.05, 4.69) is 26.1 Å². The summed E-state index contributed by atoms with van der Waals surface area (Å²) < 4.78 is 24.3. The molecule has 4 fully saturated rings. The van der Waals surface area contributed by atoms with Crippen molar-refractivity contribution in [3.63, 3.8) is 0 Å². The van der Waals surface area contributed by atoms with E-state index in [0.717, 1.165) is 12.8 Å². The predicted octanol–water partition coefficient (Wildman–Crippen LogP) is 3.92. The molecule has 5 atom stereocenters. The number of benzene rings is 1. The highest BCUT2D eigenvalue weighted by Crippen LogP contribution is 2.65. The normalized spacial score (nSPS) is 28.5. The Hall–Kier alpha value is -2.39. The van der Waals surface area contributed by atoms with Gasteiger partial charge in [-0.25, -0.2) is 4.79 Å². The molecular formula is C28H40BNO7. The molecule has 8 nitrogen and oxygen atoms in total. The number of hydrogen-bond donors (Lipinski definition) is 1. The van der Waals surface area contributed by atoms with Crippen molar-refractivity contribution in [1.29, 1.82) is 0 Å². The summed E-state index contributed by atoms with van der Waals surface area (Å²) in [6.45, 7) is 13.7. The van der Waals surface area contributed by atoms with E-state index in [-0.39, 0.29) is 24.4 Å². The summed E-state index contributed by atoms with van der Waals surface area (Å²) >= 11 is 0. The third kappa shape index (κ3) is 5.04. The Labute approximate surface area is 220 Å². The van der Waals surface area contributed by atoms with Crippen molar-refractivity contribution in [2.75, 3.05) is 7.11 Å². The molecule has 0 radical (unpaired) electrons. The number of para-hydroxylation sites is 1. The van der Waals surface area contributed by atoms with Crippen molar-refractivity contribution in [2.24, 2.45) is 17.3 Å². The molecule has 0 spiro atoms. The van der Waals surface area contributed by atoms with Gasteiger partial charge in [-0.05, 0) is 75.8 Å². The Morgan fingerprint density at radius 3 is 2.49 bits per heavy atom. The van der Waals surface area contributed by atoms with Crippen LogP contribution in [0, 0.1) is 17.3 Å². The molecule has 2 bridgehead atoms. The van der Waals surface area contributed by atoms with E-state index < -0.39 is 41.9 Å². The van der Waals surface area contributed by atoms with Gasteiger partial charge in [0.2, 0.25) is 5.78 Å². The van der Waals surface area contributed by atoms with Gasteiger partial charge in [0.15, 0.2) is 0 Å². The van der Waals surface area contributed by atoms with E-state index >= 15 is 0 Å². The second-order valence-electron chi connectivity index (χ2n) is 12.4. The van der Waals surface area contributed by atoms with Crippen LogP contribution in [0.25, 0.3) is 0 Å². The molecule has 1 N–H and O–H groups in total. The highest BCUT2D eigenvalue weighted by atomic mass is 16.7. The van der Waals surface area contributed by atoms with E-state index in [1.54, 1.807) is 39.8 Å². The number of amides is 1. The Morgan fingerprint density at radius 2 is 1.89 bits per heavy atom. The minimum absolute atomic E-state index is 0.0782. The lowest BCUT2D eigenvalue weighted by Crippen LogP contribution is -2.65. The van der Waals surface area contributed by atoms with Crippen LogP contribution in [0.5, 0.6) is 5.75 Å². The van der Waals surface area contributed by atoms with Crippen LogP contribution in [0.4, 0.5) is 0 Å². The molecule has 1 heterocycles. The molecule has 4 aliphatic rings. The number of hydrogen-bond acceptors (Lipinski definition) is 7. The van der Waals surface area contributed by atoms with Crippen LogP contribution in [-0.2, 0) is 30.1 Å². The first-order valence-electron chi connectivity index (χ1n) is 13.3. The summed E-state index contributed by atoms with van der Waals surface area (Å²) in [7, 11) is 0.752. The lowest BCUT2D eigenvalue weighted by atomic mass is 9.43. The second kappa shape index (κ2) is 9.73. The van der Waals surface area contributed by atoms with Crippen molar-refractivity contribution < 1.29 is 33.2 Å². The van der Waals surface area contributed by atoms with Gasteiger partial charge in [0.1, 0.15) is 16.9 Å². The van der Waals surface area contributed by atoms with Gasteiger partial charge in [-0.15, -0.1) is 0 Å². The van der Waals surface area contributed by atoms with Gasteiger partial charge in [-0.3, -0.25) is 9.59 Å². The summed E-state index contributed by atoms with van der Waals surface area (Å²) in [4.78, 5) is 37.8. The maximum absolute atomic E-state index is 12.9. The number of carbonyl (C=O) groups excluding carboxylic acids is 3. The van der Waals surface area contributed by atoms with Gasteiger partial charge in [-0.2, -0.15) is 0 Å². The Balaban J connectivity index is 1.63. The second-order valence-corrected chi connectivity index (χ2v) is 12.4. The van der Waals surface area contributed by atoms with Crippen molar-refractivity contribution >= 4 is 24.8 Å². The van der Waals surface area contributed by atoms with Crippen LogP contribution >= 0.6 is 0 Å². The maximum Gasteiger partial charge on any atom is 0.482 e. The fourth-order valence-electron chi connectivity index (χ4n) is 6.41. The van der Waals surface area contributed by atoms with Gasteiger partial charge in [0.25, 0.3) is 5.91 Å². The summed E-state index contributed by atoms with van der Waals surface area (Å²) in [6, 6.07) is 5.23. The summed E-state index contributed by atoms with van der Waals surface area (Å²) in [5.41, 5.74) is 0.00746. The van der Waals surface area contributed by atoms with Crippen LogP contribution < -0.4 is 10.1 Å². The van der Waals surface area contributed by atoms with Gasteiger partial charge in [-0.1, -0.05) is 32.9 Å². The monoisotopic (exact) mass is 513 g/mol. The number of nitrogens with one attached hydrogen (secondary N) is 1. The third-order valence-electron chi connectivity index (χ3n) is 8.55. The van der Waals surface area contributed by atoms with Crippen LogP contribution in [0.3, 0.4) is 0 Å². The molecule has 1 aliphatic heterocycles. The van der Waals surface area contributed by atoms with E-state index in [9.17, 15) is 14.4 Å². The molecule has 1 saturated heterocycles. The SMILES string of the molecule is CCC(=O)C(=O)N[C@@H](Cc1cccc(C(=O)OC(C)(C)C)c1OC)B1OC2CC3CC(C3(C)C)C2(C)O1. The predicted molar refractivity (Wildman–Crippen MR) is 139 cm³/mol. The average Bonchev–Trinajstić information content (AvgIpc) is 3.18. The number of Topliss-reactive ketones (excluding diaryl/α,β-unsaturated/α-hetero) is 1. The largest absolute Gasteiger partial charge is 0.496 e. The number of methoxy groups -OCH3 is 1. The highest BCUT2D eigenvalue weighted by Gasteiger charge is 2.68. The lowest BCUT2D eigenvalue weighted by molar-refractivity contribution is -0.199. The van der Waals surface area contributed by atoms with Crippen LogP contribution in [0.2, 0.25) is 0 Å². The Morgan fingerprint density at radius 1 is 1.19 bits per heavy atom. The number of carbonyl (C=O) groups is 3. The number of esters is 1. The molecule has 202 valence electrons. The molecule has 1 aromatic carbocycles. The third-order valence-corrected chi connectivity index (χ3v) is 8.55. The molecule has 4 unspecified atom stereocenters. The van der Waals surface area contributed by atoms with Gasteiger partial charge >= 0.3 is 13.1 Å². The number of rotatable bonds is 8. The zero-order valence-electron chi connectivity index (χ0n) is 23.3. The Kier molecular flexibility index (Phi) is 7.27. The molecule has 3 saturated carbocycles. The van der Waals surface area contributed by atoms with Crippen LogP contribution in [0.1, 0.15) is 83.7 Å². The fraction of sp³-hybridized carbons (Fsp3) is 0.679. The average molecular weight is 513 g/mol. The van der Waals surface area contributed by atoms with E-state index in [0.29, 0.717) is 28.7 Å². The standard InChI is InChI=1S/C28H40BNO7/c1-9-19(31)24(32)30-22(29-36-21-15-17-14-20(27(17,5)6)28(21,7)37-29)13-16-11-10-12-18(23(16)34-8)25(33)35-26(2,3)4/h10-12,17,20-22H,9,13-15H2,1-8H3,(H,30,32)/t17?,20?,21?,22-,28?/m0/s1. The van der Waals surface area contributed by atoms with Crippen molar-refractivity contribution in [3.05, 3.63) is 29.3 Å². The van der Waals surface area contributed by atoms with Crippen LogP contribution in [-0.4, -0.2) is 55.1 Å². The van der Waals surface area contributed by atoms with Crippen molar-refractivity contribution in [2.45, 2.75) is 97.4 Å². The minimum atomic E-state index is -0.742. The summed E-state index contributed by atoms with van der Waals surface area (Å²) in [6.07, 6.45) is 2.27. The first-order chi connectivity index (χ1) is 17.2. The molecule has 9 heteroatoms. The topological polar surface area (TPSA) is 100 Å². The lowest BCUT2D eigenvalue weighted by Gasteiger charge is -2.64. The zero-order chi connectivity index (χ0) is 27.3. The molecule has 37 heavy (non-hydrogen) atoms. The molecule has 0 aromatic heterocycles. The van der Waals surface area contributed by atoms with Gasteiger partial charge < -0.3 is 24.1 Å². The van der Waals surface area contributed by atoms with Crippen molar-refractivity contribution in [1.82, 2.24) is 5.32 Å². The van der Waals surface area contributed by atoms with Crippen molar-refractivity contribution in [3.8, 4) is 5.75 Å². The molecule has 1 aromatic rings. The maximum atomic E-state index is 12.9. The highest BCUT2D eigenvalue weighted by molar-refractivity contribution is 6.49. The molecular weight excluding hydrogens is 473 g/mol. The zero-order valence-corrected chi connectivity index (χ0v) is 23.3. The first-order valence-corrected chi connectivity index (χ1v) is 13.3. The molecule has 3 aliphatic carbocycles. The Bertz CT molecular complexity index is 1080. The smallest absolute Gasteiger partial charge is 0.482 e. The molecule has 5 rings (SSSR count).